The van der Waals surface area contributed by atoms with Gasteiger partial charge in [-0.2, -0.15) is 0 Å². The zero-order chi connectivity index (χ0) is 10.9. The molecule has 1 aromatic rings. The Balaban J connectivity index is 2.83. The molecule has 80 valence electrons. The third-order valence-corrected chi connectivity index (χ3v) is 5.97. The van der Waals surface area contributed by atoms with E-state index in [1.54, 1.807) is 11.3 Å². The second-order valence-electron chi connectivity index (χ2n) is 3.90. The van der Waals surface area contributed by atoms with Crippen molar-refractivity contribution in [3.05, 3.63) is 19.2 Å². The molecule has 14 heavy (non-hydrogen) atoms. The SMILES string of the molecule is CC(C)C(C)C(N)c1cc(Br)c(Br)s1. The molecule has 0 aliphatic carbocycles. The molecular formula is C10H15Br2NS. The molecule has 0 aromatic carbocycles. The molecule has 1 nitrogen and oxygen atoms in total. The molecule has 0 bridgehead atoms. The smallest absolute Gasteiger partial charge is 0.0843 e. The van der Waals surface area contributed by atoms with E-state index in [1.807, 2.05) is 0 Å². The molecule has 1 aromatic heterocycles. The van der Waals surface area contributed by atoms with E-state index in [9.17, 15) is 0 Å². The summed E-state index contributed by atoms with van der Waals surface area (Å²) in [7, 11) is 0. The fraction of sp³-hybridized carbons (Fsp3) is 0.600. The first kappa shape index (κ1) is 12.7. The van der Waals surface area contributed by atoms with Crippen molar-refractivity contribution >= 4 is 43.2 Å². The Morgan fingerprint density at radius 2 is 1.86 bits per heavy atom. The third kappa shape index (κ3) is 2.81. The molecule has 2 unspecified atom stereocenters. The van der Waals surface area contributed by atoms with Gasteiger partial charge < -0.3 is 5.73 Å². The maximum Gasteiger partial charge on any atom is 0.0843 e. The fourth-order valence-electron chi connectivity index (χ4n) is 1.20. The molecule has 0 fully saturated rings. The van der Waals surface area contributed by atoms with E-state index in [4.69, 9.17) is 5.73 Å². The second kappa shape index (κ2) is 5.10. The fourth-order valence-corrected chi connectivity index (χ4v) is 3.41. The second-order valence-corrected chi connectivity index (χ2v) is 7.16. The Labute approximate surface area is 106 Å². The minimum Gasteiger partial charge on any atom is -0.323 e. The summed E-state index contributed by atoms with van der Waals surface area (Å²) in [6.45, 7) is 6.63. The van der Waals surface area contributed by atoms with Crippen LogP contribution in [0.1, 0.15) is 31.7 Å². The zero-order valence-electron chi connectivity index (χ0n) is 8.55. The van der Waals surface area contributed by atoms with Gasteiger partial charge in [0.25, 0.3) is 0 Å². The monoisotopic (exact) mass is 339 g/mol. The summed E-state index contributed by atoms with van der Waals surface area (Å²) < 4.78 is 2.22. The van der Waals surface area contributed by atoms with Crippen molar-refractivity contribution in [3.63, 3.8) is 0 Å². The predicted molar refractivity (Wildman–Crippen MR) is 70.6 cm³/mol. The average molecular weight is 341 g/mol. The summed E-state index contributed by atoms with van der Waals surface area (Å²) in [6, 6.07) is 2.25. The third-order valence-electron chi connectivity index (χ3n) is 2.61. The van der Waals surface area contributed by atoms with Crippen molar-refractivity contribution < 1.29 is 0 Å². The lowest BCUT2D eigenvalue weighted by molar-refractivity contribution is 0.355. The predicted octanol–water partition coefficient (Wildman–Crippen LogP) is 4.57. The van der Waals surface area contributed by atoms with E-state index >= 15 is 0 Å². The van der Waals surface area contributed by atoms with Crippen LogP contribution in [0.15, 0.2) is 14.3 Å². The maximum atomic E-state index is 6.19. The highest BCUT2D eigenvalue weighted by molar-refractivity contribution is 9.13. The summed E-state index contributed by atoms with van der Waals surface area (Å²) in [5, 5.41) is 0. The number of nitrogens with two attached hydrogens (primary N) is 1. The lowest BCUT2D eigenvalue weighted by atomic mass is 9.90. The van der Waals surface area contributed by atoms with Crippen LogP contribution in [0, 0.1) is 11.8 Å². The minimum atomic E-state index is 0.141. The van der Waals surface area contributed by atoms with E-state index in [1.165, 1.54) is 4.88 Å². The molecule has 0 amide bonds. The molecule has 0 saturated carbocycles. The first-order valence-corrected chi connectivity index (χ1v) is 7.04. The number of thiophene rings is 1. The van der Waals surface area contributed by atoms with Crippen LogP contribution in [0.5, 0.6) is 0 Å². The van der Waals surface area contributed by atoms with Crippen LogP contribution in [-0.4, -0.2) is 0 Å². The van der Waals surface area contributed by atoms with Crippen molar-refractivity contribution in [1.82, 2.24) is 0 Å². The lowest BCUT2D eigenvalue weighted by Crippen LogP contribution is -2.22. The van der Waals surface area contributed by atoms with Gasteiger partial charge in [0, 0.05) is 15.4 Å². The van der Waals surface area contributed by atoms with Crippen molar-refractivity contribution in [2.75, 3.05) is 0 Å². The van der Waals surface area contributed by atoms with Gasteiger partial charge in [-0.05, 0) is 49.8 Å². The van der Waals surface area contributed by atoms with Crippen LogP contribution < -0.4 is 5.73 Å². The highest BCUT2D eigenvalue weighted by atomic mass is 79.9. The van der Waals surface area contributed by atoms with Gasteiger partial charge in [-0.25, -0.2) is 0 Å². The number of hydrogen-bond acceptors (Lipinski definition) is 2. The van der Waals surface area contributed by atoms with Crippen molar-refractivity contribution in [2.45, 2.75) is 26.8 Å². The van der Waals surface area contributed by atoms with Crippen LogP contribution in [0.3, 0.4) is 0 Å². The number of rotatable bonds is 3. The highest BCUT2D eigenvalue weighted by Crippen LogP contribution is 2.38. The molecule has 0 radical (unpaired) electrons. The maximum absolute atomic E-state index is 6.19. The van der Waals surface area contributed by atoms with Crippen molar-refractivity contribution in [2.24, 2.45) is 17.6 Å². The Morgan fingerprint density at radius 1 is 1.29 bits per heavy atom. The Kier molecular flexibility index (Phi) is 4.62. The van der Waals surface area contributed by atoms with Crippen LogP contribution >= 0.6 is 43.2 Å². The summed E-state index contributed by atoms with van der Waals surface area (Å²) in [5.41, 5.74) is 6.19. The average Bonchev–Trinajstić information content (AvgIpc) is 2.44. The van der Waals surface area contributed by atoms with E-state index in [2.05, 4.69) is 58.7 Å². The molecule has 2 N–H and O–H groups in total. The van der Waals surface area contributed by atoms with Crippen LogP contribution in [0.4, 0.5) is 0 Å². The molecule has 4 heteroatoms. The molecular weight excluding hydrogens is 326 g/mol. The normalized spacial score (nSPS) is 15.9. The van der Waals surface area contributed by atoms with Crippen LogP contribution in [0.25, 0.3) is 0 Å². The quantitative estimate of drug-likeness (QED) is 0.857. The van der Waals surface area contributed by atoms with Gasteiger partial charge >= 0.3 is 0 Å². The van der Waals surface area contributed by atoms with Gasteiger partial charge in [0.1, 0.15) is 0 Å². The van der Waals surface area contributed by atoms with Crippen LogP contribution in [-0.2, 0) is 0 Å². The molecule has 1 rings (SSSR count). The van der Waals surface area contributed by atoms with E-state index in [0.29, 0.717) is 11.8 Å². The van der Waals surface area contributed by atoms with Crippen LogP contribution in [0.2, 0.25) is 0 Å². The Hall–Kier alpha value is 0.620. The van der Waals surface area contributed by atoms with Crippen molar-refractivity contribution in [3.8, 4) is 0 Å². The summed E-state index contributed by atoms with van der Waals surface area (Å²) in [6.07, 6.45) is 0. The largest absolute Gasteiger partial charge is 0.323 e. The summed E-state index contributed by atoms with van der Waals surface area (Å²) in [5.74, 6) is 1.12. The zero-order valence-corrected chi connectivity index (χ0v) is 12.5. The minimum absolute atomic E-state index is 0.141. The first-order valence-electron chi connectivity index (χ1n) is 4.63. The van der Waals surface area contributed by atoms with Gasteiger partial charge in [-0.3, -0.25) is 0 Å². The van der Waals surface area contributed by atoms with E-state index < -0.39 is 0 Å². The highest BCUT2D eigenvalue weighted by Gasteiger charge is 2.20. The molecule has 0 saturated heterocycles. The summed E-state index contributed by atoms with van der Waals surface area (Å²) >= 11 is 8.68. The number of hydrogen-bond donors (Lipinski definition) is 1. The van der Waals surface area contributed by atoms with Gasteiger partial charge in [0.15, 0.2) is 0 Å². The topological polar surface area (TPSA) is 26.0 Å². The first-order chi connectivity index (χ1) is 6.43. The molecule has 1 heterocycles. The molecule has 0 aliphatic heterocycles. The lowest BCUT2D eigenvalue weighted by Gasteiger charge is -2.22. The molecule has 0 spiro atoms. The molecule has 2 atom stereocenters. The van der Waals surface area contributed by atoms with Gasteiger partial charge in [0.2, 0.25) is 0 Å². The summed E-state index contributed by atoms with van der Waals surface area (Å²) in [4.78, 5) is 1.24. The van der Waals surface area contributed by atoms with E-state index in [-0.39, 0.29) is 6.04 Å². The van der Waals surface area contributed by atoms with Gasteiger partial charge in [-0.15, -0.1) is 11.3 Å². The standard InChI is InChI=1S/C10H15Br2NS/c1-5(2)6(3)9(13)8-4-7(11)10(12)14-8/h4-6,9H,13H2,1-3H3. The molecule has 0 aliphatic rings. The van der Waals surface area contributed by atoms with Gasteiger partial charge in [-0.1, -0.05) is 20.8 Å². The Bertz CT molecular complexity index is 290. The van der Waals surface area contributed by atoms with E-state index in [0.717, 1.165) is 8.26 Å². The van der Waals surface area contributed by atoms with Gasteiger partial charge in [0.05, 0.1) is 3.79 Å². The van der Waals surface area contributed by atoms with Crippen molar-refractivity contribution in [1.29, 1.82) is 0 Å². The number of halogens is 2. The Morgan fingerprint density at radius 3 is 2.21 bits per heavy atom.